The molecule has 1 aromatic carbocycles. The lowest BCUT2D eigenvalue weighted by Crippen LogP contribution is -2.41. The molecule has 118 valence electrons. The Morgan fingerprint density at radius 1 is 1.43 bits per heavy atom. The maximum absolute atomic E-state index is 11.4. The summed E-state index contributed by atoms with van der Waals surface area (Å²) in [4.78, 5) is 11.4. The first kappa shape index (κ1) is 18.0. The van der Waals surface area contributed by atoms with Gasteiger partial charge in [0.25, 0.3) is 0 Å². The number of ether oxygens (including phenoxy) is 2. The molecule has 0 aliphatic rings. The van der Waals surface area contributed by atoms with Crippen LogP contribution in [0, 0.1) is 0 Å². The van der Waals surface area contributed by atoms with Gasteiger partial charge in [-0.2, -0.15) is 0 Å². The predicted octanol–water partition coefficient (Wildman–Crippen LogP) is 2.27. The van der Waals surface area contributed by atoms with Crippen LogP contribution in [0.1, 0.15) is 13.8 Å². The van der Waals surface area contributed by atoms with Gasteiger partial charge in [-0.3, -0.25) is 4.79 Å². The highest BCUT2D eigenvalue weighted by atomic mass is 35.5. The quantitative estimate of drug-likeness (QED) is 0.713. The van der Waals surface area contributed by atoms with E-state index in [-0.39, 0.29) is 19.1 Å². The van der Waals surface area contributed by atoms with Crippen LogP contribution >= 0.6 is 23.2 Å². The highest BCUT2D eigenvalue weighted by Crippen LogP contribution is 2.27. The summed E-state index contributed by atoms with van der Waals surface area (Å²) in [6.45, 7) is 3.98. The molecule has 0 fully saturated rings. The highest BCUT2D eigenvalue weighted by molar-refractivity contribution is 6.35. The molecule has 0 aromatic heterocycles. The van der Waals surface area contributed by atoms with Crippen LogP contribution < -0.4 is 10.1 Å². The number of rotatable bonds is 8. The molecule has 0 aliphatic carbocycles. The molecule has 0 heterocycles. The molecule has 21 heavy (non-hydrogen) atoms. The Kier molecular flexibility index (Phi) is 7.82. The van der Waals surface area contributed by atoms with E-state index in [0.717, 1.165) is 0 Å². The maximum atomic E-state index is 11.4. The zero-order chi connectivity index (χ0) is 15.8. The molecule has 1 aromatic rings. The lowest BCUT2D eigenvalue weighted by molar-refractivity contribution is -0.145. The SMILES string of the molecule is CCOC(=O)C(C)NCC(O)COc1ccc(Cl)cc1Cl. The Labute approximate surface area is 134 Å². The number of halogens is 2. The van der Waals surface area contributed by atoms with E-state index in [0.29, 0.717) is 22.4 Å². The van der Waals surface area contributed by atoms with Crippen LogP contribution in [-0.2, 0) is 9.53 Å². The van der Waals surface area contributed by atoms with E-state index in [2.05, 4.69) is 5.32 Å². The van der Waals surface area contributed by atoms with Crippen molar-refractivity contribution in [2.45, 2.75) is 26.0 Å². The Morgan fingerprint density at radius 3 is 2.76 bits per heavy atom. The van der Waals surface area contributed by atoms with Gasteiger partial charge in [-0.1, -0.05) is 23.2 Å². The number of hydrogen-bond donors (Lipinski definition) is 2. The first-order valence-electron chi connectivity index (χ1n) is 6.60. The van der Waals surface area contributed by atoms with Crippen molar-refractivity contribution in [1.29, 1.82) is 0 Å². The van der Waals surface area contributed by atoms with E-state index in [1.165, 1.54) is 0 Å². The molecule has 2 unspecified atom stereocenters. The second-order valence-corrected chi connectivity index (χ2v) is 5.27. The largest absolute Gasteiger partial charge is 0.489 e. The number of carbonyl (C=O) groups excluding carboxylic acids is 1. The Hall–Kier alpha value is -1.01. The van der Waals surface area contributed by atoms with Crippen LogP contribution in [0.4, 0.5) is 0 Å². The van der Waals surface area contributed by atoms with Crippen LogP contribution in [0.3, 0.4) is 0 Å². The minimum absolute atomic E-state index is 0.0455. The lowest BCUT2D eigenvalue weighted by atomic mass is 10.3. The van der Waals surface area contributed by atoms with Gasteiger partial charge >= 0.3 is 5.97 Å². The fourth-order valence-electron chi connectivity index (χ4n) is 1.50. The van der Waals surface area contributed by atoms with Gasteiger partial charge in [-0.05, 0) is 32.0 Å². The van der Waals surface area contributed by atoms with E-state index < -0.39 is 12.1 Å². The van der Waals surface area contributed by atoms with Crippen LogP contribution in [0.15, 0.2) is 18.2 Å². The van der Waals surface area contributed by atoms with Crippen LogP contribution in [0.25, 0.3) is 0 Å². The van der Waals surface area contributed by atoms with Crippen molar-refractivity contribution in [3.8, 4) is 5.75 Å². The number of nitrogens with one attached hydrogen (secondary N) is 1. The third-order valence-electron chi connectivity index (χ3n) is 2.62. The summed E-state index contributed by atoms with van der Waals surface area (Å²) >= 11 is 11.7. The second-order valence-electron chi connectivity index (χ2n) is 4.42. The normalized spacial score (nSPS) is 13.6. The minimum Gasteiger partial charge on any atom is -0.489 e. The van der Waals surface area contributed by atoms with Crippen molar-refractivity contribution in [2.75, 3.05) is 19.8 Å². The monoisotopic (exact) mass is 335 g/mol. The molecule has 0 bridgehead atoms. The maximum Gasteiger partial charge on any atom is 0.322 e. The fraction of sp³-hybridized carbons (Fsp3) is 0.500. The number of aliphatic hydroxyl groups is 1. The molecule has 0 saturated carbocycles. The average Bonchev–Trinajstić information content (AvgIpc) is 2.44. The van der Waals surface area contributed by atoms with Crippen molar-refractivity contribution in [3.05, 3.63) is 28.2 Å². The summed E-state index contributed by atoms with van der Waals surface area (Å²) in [5.74, 6) is 0.0879. The highest BCUT2D eigenvalue weighted by Gasteiger charge is 2.15. The summed E-state index contributed by atoms with van der Waals surface area (Å²) in [7, 11) is 0. The summed E-state index contributed by atoms with van der Waals surface area (Å²) < 4.78 is 10.2. The van der Waals surface area contributed by atoms with Crippen molar-refractivity contribution in [2.24, 2.45) is 0 Å². The number of hydrogen-bond acceptors (Lipinski definition) is 5. The third kappa shape index (κ3) is 6.52. The minimum atomic E-state index is -0.784. The predicted molar refractivity (Wildman–Crippen MR) is 82.1 cm³/mol. The standard InChI is InChI=1S/C14H19Cl2NO4/c1-3-20-14(19)9(2)17-7-11(18)8-21-13-5-4-10(15)6-12(13)16/h4-6,9,11,17-18H,3,7-8H2,1-2H3. The Bertz CT molecular complexity index is 470. The molecule has 7 heteroatoms. The van der Waals surface area contributed by atoms with Crippen molar-refractivity contribution in [3.63, 3.8) is 0 Å². The first-order chi connectivity index (χ1) is 9.93. The second kappa shape index (κ2) is 9.10. The van der Waals surface area contributed by atoms with Gasteiger partial charge in [0.15, 0.2) is 0 Å². The van der Waals surface area contributed by atoms with E-state index in [1.54, 1.807) is 32.0 Å². The van der Waals surface area contributed by atoms with Crippen molar-refractivity contribution >= 4 is 29.2 Å². The molecule has 0 saturated heterocycles. The van der Waals surface area contributed by atoms with Crippen LogP contribution in [-0.4, -0.2) is 43.0 Å². The first-order valence-corrected chi connectivity index (χ1v) is 7.35. The smallest absolute Gasteiger partial charge is 0.322 e. The van der Waals surface area contributed by atoms with Gasteiger partial charge in [0.05, 0.1) is 11.6 Å². The van der Waals surface area contributed by atoms with E-state index >= 15 is 0 Å². The molecule has 1 rings (SSSR count). The molecule has 0 aliphatic heterocycles. The molecule has 2 N–H and O–H groups in total. The fourth-order valence-corrected chi connectivity index (χ4v) is 1.96. The summed E-state index contributed by atoms with van der Waals surface area (Å²) in [5, 5.41) is 13.6. The topological polar surface area (TPSA) is 67.8 Å². The summed E-state index contributed by atoms with van der Waals surface area (Å²) in [6, 6.07) is 4.35. The van der Waals surface area contributed by atoms with Crippen LogP contribution in [0.5, 0.6) is 5.75 Å². The molecule has 0 amide bonds. The summed E-state index contributed by atoms with van der Waals surface area (Å²) in [5.41, 5.74) is 0. The Morgan fingerprint density at radius 2 is 2.14 bits per heavy atom. The summed E-state index contributed by atoms with van der Waals surface area (Å²) in [6.07, 6.45) is -0.784. The van der Waals surface area contributed by atoms with Gasteiger partial charge in [0.1, 0.15) is 24.5 Å². The van der Waals surface area contributed by atoms with E-state index in [4.69, 9.17) is 32.7 Å². The number of benzene rings is 1. The molecule has 5 nitrogen and oxygen atoms in total. The van der Waals surface area contributed by atoms with Gasteiger partial charge < -0.3 is 19.9 Å². The van der Waals surface area contributed by atoms with Crippen LogP contribution in [0.2, 0.25) is 10.0 Å². The van der Waals surface area contributed by atoms with Crippen molar-refractivity contribution in [1.82, 2.24) is 5.32 Å². The number of aliphatic hydroxyl groups excluding tert-OH is 1. The number of esters is 1. The lowest BCUT2D eigenvalue weighted by Gasteiger charge is -2.17. The number of carbonyl (C=O) groups is 1. The molecular formula is C14H19Cl2NO4. The molecule has 0 spiro atoms. The molecular weight excluding hydrogens is 317 g/mol. The van der Waals surface area contributed by atoms with Gasteiger partial charge in [-0.25, -0.2) is 0 Å². The van der Waals surface area contributed by atoms with Crippen molar-refractivity contribution < 1.29 is 19.4 Å². The zero-order valence-electron chi connectivity index (χ0n) is 11.9. The van der Waals surface area contributed by atoms with Gasteiger partial charge in [0.2, 0.25) is 0 Å². The van der Waals surface area contributed by atoms with E-state index in [9.17, 15) is 9.90 Å². The van der Waals surface area contributed by atoms with Gasteiger partial charge in [-0.15, -0.1) is 0 Å². The average molecular weight is 336 g/mol. The molecule has 0 radical (unpaired) electrons. The Balaban J connectivity index is 2.34. The molecule has 2 atom stereocenters. The third-order valence-corrected chi connectivity index (χ3v) is 3.16. The zero-order valence-corrected chi connectivity index (χ0v) is 13.4. The van der Waals surface area contributed by atoms with Gasteiger partial charge in [0, 0.05) is 11.6 Å². The van der Waals surface area contributed by atoms with E-state index in [1.807, 2.05) is 0 Å².